The Balaban J connectivity index is 1.40. The van der Waals surface area contributed by atoms with Crippen molar-refractivity contribution in [2.75, 3.05) is 13.1 Å². The quantitative estimate of drug-likeness (QED) is 0.777. The monoisotopic (exact) mass is 449 g/mol. The van der Waals surface area contributed by atoms with E-state index < -0.39 is 0 Å². The van der Waals surface area contributed by atoms with Crippen LogP contribution in [-0.4, -0.2) is 49.7 Å². The molecule has 0 aromatic carbocycles. The molecule has 1 aliphatic carbocycles. The molecule has 8 nitrogen and oxygen atoms in total. The summed E-state index contributed by atoms with van der Waals surface area (Å²) < 4.78 is 0. The molecule has 5 rings (SSSR count). The highest BCUT2D eigenvalue weighted by atomic mass is 16.2. The van der Waals surface area contributed by atoms with Gasteiger partial charge in [0, 0.05) is 37.3 Å². The Morgan fingerprint density at radius 3 is 2.67 bits per heavy atom. The molecule has 2 amide bonds. The van der Waals surface area contributed by atoms with Crippen LogP contribution < -0.4 is 5.56 Å². The minimum Gasteiger partial charge on any atom is -0.337 e. The van der Waals surface area contributed by atoms with Gasteiger partial charge in [-0.1, -0.05) is 12.8 Å². The number of piperidine rings is 1. The van der Waals surface area contributed by atoms with Gasteiger partial charge in [-0.15, -0.1) is 0 Å². The van der Waals surface area contributed by atoms with Gasteiger partial charge in [0.25, 0.3) is 11.5 Å². The van der Waals surface area contributed by atoms with Crippen LogP contribution in [0, 0.1) is 12.8 Å². The third-order valence-corrected chi connectivity index (χ3v) is 7.42. The number of hydrogen-bond acceptors (Lipinski definition) is 5. The highest BCUT2D eigenvalue weighted by Crippen LogP contribution is 2.32. The molecule has 1 saturated carbocycles. The number of aryl methyl sites for hydroxylation is 1. The molecule has 4 heterocycles. The van der Waals surface area contributed by atoms with Crippen LogP contribution >= 0.6 is 0 Å². The number of pyridine rings is 1. The summed E-state index contributed by atoms with van der Waals surface area (Å²) in [5.41, 5.74) is 2.46. The Bertz CT molecular complexity index is 1120. The zero-order valence-corrected chi connectivity index (χ0v) is 19.2. The van der Waals surface area contributed by atoms with Gasteiger partial charge in [0.15, 0.2) is 0 Å². The number of aromatic nitrogens is 3. The zero-order chi connectivity index (χ0) is 22.9. The van der Waals surface area contributed by atoms with E-state index in [2.05, 4.69) is 9.97 Å². The van der Waals surface area contributed by atoms with E-state index in [0.717, 1.165) is 50.6 Å². The number of carbonyl (C=O) groups excluding carboxylic acids is 2. The number of nitrogens with zero attached hydrogens (tertiary/aromatic N) is 4. The van der Waals surface area contributed by atoms with Gasteiger partial charge in [-0.25, -0.2) is 4.98 Å². The second-order valence-corrected chi connectivity index (χ2v) is 9.51. The molecule has 0 unspecified atom stereocenters. The molecule has 1 N–H and O–H groups in total. The molecule has 2 aliphatic heterocycles. The fourth-order valence-corrected chi connectivity index (χ4v) is 5.55. The van der Waals surface area contributed by atoms with Gasteiger partial charge in [0.1, 0.15) is 5.82 Å². The number of hydrogen-bond donors (Lipinski definition) is 1. The maximum Gasteiger partial charge on any atom is 0.256 e. The predicted molar refractivity (Wildman–Crippen MR) is 123 cm³/mol. The fourth-order valence-electron chi connectivity index (χ4n) is 5.55. The lowest BCUT2D eigenvalue weighted by molar-refractivity contribution is -0.136. The highest BCUT2D eigenvalue weighted by Gasteiger charge is 2.34. The third-order valence-electron chi connectivity index (χ3n) is 7.42. The molecule has 0 bridgehead atoms. The Kier molecular flexibility index (Phi) is 6.00. The van der Waals surface area contributed by atoms with Gasteiger partial charge in [-0.05, 0) is 51.2 Å². The van der Waals surface area contributed by atoms with Crippen molar-refractivity contribution in [3.8, 4) is 0 Å². The lowest BCUT2D eigenvalue weighted by Gasteiger charge is -2.36. The van der Waals surface area contributed by atoms with E-state index in [0.29, 0.717) is 48.7 Å². The lowest BCUT2D eigenvalue weighted by Crippen LogP contribution is -2.43. The van der Waals surface area contributed by atoms with Gasteiger partial charge >= 0.3 is 0 Å². The first-order valence-corrected chi connectivity index (χ1v) is 12.2. The Morgan fingerprint density at radius 2 is 1.88 bits per heavy atom. The number of nitrogens with one attached hydrogen (secondary N) is 1. The van der Waals surface area contributed by atoms with Crippen molar-refractivity contribution in [2.24, 2.45) is 5.92 Å². The molecule has 174 valence electrons. The van der Waals surface area contributed by atoms with Crippen LogP contribution in [0.5, 0.6) is 0 Å². The van der Waals surface area contributed by atoms with Gasteiger partial charge in [0.05, 0.1) is 29.4 Å². The van der Waals surface area contributed by atoms with Crippen LogP contribution in [0.15, 0.2) is 23.1 Å². The number of carbonyl (C=O) groups is 2. The van der Waals surface area contributed by atoms with Gasteiger partial charge in [-0.3, -0.25) is 19.4 Å². The molecule has 2 aromatic rings. The standard InChI is InChI=1S/C25H31N5O3/c1-16-18(9-6-12-26-16)25(33)30-13-5-4-10-21(30)22-27-20-11-14-29(15-19(20)23(31)28-22)24(32)17-7-2-3-8-17/h6,9,12,17,21H,2-5,7-8,10-11,13-15H2,1H3,(H,27,28,31)/t21-/m0/s1. The van der Waals surface area contributed by atoms with E-state index in [4.69, 9.17) is 4.98 Å². The number of H-pyrrole nitrogens is 1. The SMILES string of the molecule is Cc1ncccc1C(=O)N1CCCC[C@H]1c1nc2c(c(=O)[nH]1)CN(C(=O)C1CCCC1)CC2. The van der Waals surface area contributed by atoms with E-state index in [1.807, 2.05) is 16.7 Å². The molecule has 33 heavy (non-hydrogen) atoms. The van der Waals surface area contributed by atoms with E-state index in [1.54, 1.807) is 18.3 Å². The van der Waals surface area contributed by atoms with E-state index in [9.17, 15) is 14.4 Å². The summed E-state index contributed by atoms with van der Waals surface area (Å²) >= 11 is 0. The Morgan fingerprint density at radius 1 is 1.09 bits per heavy atom. The maximum absolute atomic E-state index is 13.3. The van der Waals surface area contributed by atoms with Crippen LogP contribution in [-0.2, 0) is 17.8 Å². The van der Waals surface area contributed by atoms with Gasteiger partial charge < -0.3 is 14.8 Å². The van der Waals surface area contributed by atoms with Crippen LogP contribution in [0.3, 0.4) is 0 Å². The summed E-state index contributed by atoms with van der Waals surface area (Å²) in [4.78, 5) is 55.0. The van der Waals surface area contributed by atoms with Crippen LogP contribution in [0.4, 0.5) is 0 Å². The number of likely N-dealkylation sites (tertiary alicyclic amines) is 1. The Hall–Kier alpha value is -3.03. The van der Waals surface area contributed by atoms with E-state index in [-0.39, 0.29) is 29.3 Å². The summed E-state index contributed by atoms with van der Waals surface area (Å²) in [6.07, 6.45) is 9.06. The molecule has 1 atom stereocenters. The smallest absolute Gasteiger partial charge is 0.256 e. The minimum absolute atomic E-state index is 0.0704. The summed E-state index contributed by atoms with van der Waals surface area (Å²) in [6.45, 7) is 3.39. The van der Waals surface area contributed by atoms with Crippen LogP contribution in [0.25, 0.3) is 0 Å². The van der Waals surface area contributed by atoms with E-state index in [1.165, 1.54) is 0 Å². The largest absolute Gasteiger partial charge is 0.337 e. The summed E-state index contributed by atoms with van der Waals surface area (Å²) in [5.74, 6) is 0.774. The first-order valence-electron chi connectivity index (χ1n) is 12.2. The number of rotatable bonds is 3. The first-order chi connectivity index (χ1) is 16.0. The van der Waals surface area contributed by atoms with Crippen molar-refractivity contribution in [3.05, 3.63) is 57.0 Å². The third kappa shape index (κ3) is 4.18. The van der Waals surface area contributed by atoms with Crippen molar-refractivity contribution < 1.29 is 9.59 Å². The minimum atomic E-state index is -0.262. The summed E-state index contributed by atoms with van der Waals surface area (Å²) in [6, 6.07) is 3.31. The average molecular weight is 450 g/mol. The number of aromatic amines is 1. The van der Waals surface area contributed by atoms with Crippen molar-refractivity contribution >= 4 is 11.8 Å². The average Bonchev–Trinajstić information content (AvgIpc) is 3.38. The Labute approximate surface area is 193 Å². The topological polar surface area (TPSA) is 99.3 Å². The molecule has 8 heteroatoms. The van der Waals surface area contributed by atoms with Crippen molar-refractivity contribution in [1.82, 2.24) is 24.8 Å². The predicted octanol–water partition coefficient (Wildman–Crippen LogP) is 2.92. The summed E-state index contributed by atoms with van der Waals surface area (Å²) in [7, 11) is 0. The highest BCUT2D eigenvalue weighted by molar-refractivity contribution is 5.95. The number of fused-ring (bicyclic) bond motifs is 1. The van der Waals surface area contributed by atoms with Crippen LogP contribution in [0.1, 0.15) is 84.1 Å². The first kappa shape index (κ1) is 21.8. The molecule has 3 aliphatic rings. The molecule has 1 saturated heterocycles. The molecular formula is C25H31N5O3. The lowest BCUT2D eigenvalue weighted by atomic mass is 9.98. The van der Waals surface area contributed by atoms with Crippen molar-refractivity contribution in [2.45, 2.75) is 70.9 Å². The fraction of sp³-hybridized carbons (Fsp3) is 0.560. The second kappa shape index (κ2) is 9.08. The number of amides is 2. The summed E-state index contributed by atoms with van der Waals surface area (Å²) in [5, 5.41) is 0. The zero-order valence-electron chi connectivity index (χ0n) is 19.2. The normalized spacial score (nSPS) is 21.2. The van der Waals surface area contributed by atoms with Crippen LogP contribution in [0.2, 0.25) is 0 Å². The van der Waals surface area contributed by atoms with Gasteiger partial charge in [-0.2, -0.15) is 0 Å². The van der Waals surface area contributed by atoms with Crippen molar-refractivity contribution in [1.29, 1.82) is 0 Å². The molecule has 2 fully saturated rings. The molecule has 0 radical (unpaired) electrons. The molecular weight excluding hydrogens is 418 g/mol. The van der Waals surface area contributed by atoms with Crippen molar-refractivity contribution in [3.63, 3.8) is 0 Å². The second-order valence-electron chi connectivity index (χ2n) is 9.51. The van der Waals surface area contributed by atoms with E-state index >= 15 is 0 Å². The molecule has 2 aromatic heterocycles. The maximum atomic E-state index is 13.3. The van der Waals surface area contributed by atoms with Gasteiger partial charge in [0.2, 0.25) is 5.91 Å². The molecule has 0 spiro atoms.